The van der Waals surface area contributed by atoms with E-state index in [9.17, 15) is 9.00 Å². The second-order valence-corrected chi connectivity index (χ2v) is 9.51. The summed E-state index contributed by atoms with van der Waals surface area (Å²) in [6.07, 6.45) is 3.49. The standard InChI is InChI=1S/C21H23ClN2O4S/c1-2-29(26)12-16-8-10-19(27-16)20(25)23-15-6-3-13(4-7-15)21-24-17-11-14(22)5-9-18(17)28-21/h5,8-11,13,15H,2-4,6-7,12H2,1H3,(H,23,25). The molecule has 0 aliphatic heterocycles. The molecule has 0 bridgehead atoms. The molecule has 29 heavy (non-hydrogen) atoms. The number of nitrogens with zero attached hydrogens (tertiary/aromatic N) is 1. The zero-order valence-corrected chi connectivity index (χ0v) is 17.7. The van der Waals surface area contributed by atoms with Crippen LogP contribution in [-0.4, -0.2) is 26.9 Å². The summed E-state index contributed by atoms with van der Waals surface area (Å²) in [5, 5.41) is 3.69. The van der Waals surface area contributed by atoms with Gasteiger partial charge in [0.2, 0.25) is 0 Å². The molecular weight excluding hydrogens is 412 g/mol. The van der Waals surface area contributed by atoms with Crippen molar-refractivity contribution < 1.29 is 17.8 Å². The molecule has 1 aliphatic rings. The number of oxazole rings is 1. The molecular formula is C21H23ClN2O4S. The molecule has 1 fully saturated rings. The molecule has 2 heterocycles. The lowest BCUT2D eigenvalue weighted by Crippen LogP contribution is -2.37. The summed E-state index contributed by atoms with van der Waals surface area (Å²) in [6.45, 7) is 1.86. The van der Waals surface area contributed by atoms with Crippen LogP contribution in [0.25, 0.3) is 11.1 Å². The fourth-order valence-corrected chi connectivity index (χ4v) is 4.52. The van der Waals surface area contributed by atoms with Gasteiger partial charge >= 0.3 is 0 Å². The normalized spacial score (nSPS) is 20.6. The molecule has 1 N–H and O–H groups in total. The van der Waals surface area contributed by atoms with Crippen LogP contribution in [0.1, 0.15) is 60.7 Å². The molecule has 1 amide bonds. The minimum Gasteiger partial charge on any atom is -0.455 e. The largest absolute Gasteiger partial charge is 0.455 e. The zero-order valence-electron chi connectivity index (χ0n) is 16.2. The fourth-order valence-electron chi connectivity index (χ4n) is 3.67. The van der Waals surface area contributed by atoms with Gasteiger partial charge in [-0.25, -0.2) is 4.98 Å². The first-order valence-electron chi connectivity index (χ1n) is 9.82. The number of amides is 1. The molecule has 8 heteroatoms. The van der Waals surface area contributed by atoms with E-state index in [1.54, 1.807) is 18.2 Å². The first-order valence-corrected chi connectivity index (χ1v) is 11.7. The molecule has 6 nitrogen and oxygen atoms in total. The van der Waals surface area contributed by atoms with Gasteiger partial charge in [0.15, 0.2) is 17.2 Å². The topological polar surface area (TPSA) is 85.3 Å². The first-order chi connectivity index (χ1) is 14.0. The predicted octanol–water partition coefficient (Wildman–Crippen LogP) is 4.80. The van der Waals surface area contributed by atoms with E-state index in [0.717, 1.165) is 42.7 Å². The van der Waals surface area contributed by atoms with E-state index < -0.39 is 10.8 Å². The third-order valence-electron chi connectivity index (χ3n) is 5.29. The minimum atomic E-state index is -0.961. The molecule has 0 radical (unpaired) electrons. The molecule has 0 spiro atoms. The van der Waals surface area contributed by atoms with Gasteiger partial charge in [-0.1, -0.05) is 18.5 Å². The summed E-state index contributed by atoms with van der Waals surface area (Å²) >= 11 is 6.02. The van der Waals surface area contributed by atoms with Crippen LogP contribution < -0.4 is 5.32 Å². The lowest BCUT2D eigenvalue weighted by atomic mass is 9.86. The summed E-state index contributed by atoms with van der Waals surface area (Å²) in [4.78, 5) is 17.0. The molecule has 3 aromatic rings. The van der Waals surface area contributed by atoms with Gasteiger partial charge in [-0.05, 0) is 56.0 Å². The Bertz CT molecular complexity index is 1040. The molecule has 1 atom stereocenters. The van der Waals surface area contributed by atoms with Crippen molar-refractivity contribution in [1.29, 1.82) is 0 Å². The third kappa shape index (κ3) is 4.73. The number of rotatable bonds is 6. The van der Waals surface area contributed by atoms with E-state index in [2.05, 4.69) is 10.3 Å². The lowest BCUT2D eigenvalue weighted by molar-refractivity contribution is 0.0895. The van der Waals surface area contributed by atoms with E-state index in [1.807, 2.05) is 19.1 Å². The van der Waals surface area contributed by atoms with E-state index in [4.69, 9.17) is 20.4 Å². The highest BCUT2D eigenvalue weighted by Crippen LogP contribution is 2.34. The number of fused-ring (bicyclic) bond motifs is 1. The van der Waals surface area contributed by atoms with E-state index in [-0.39, 0.29) is 23.6 Å². The SMILES string of the molecule is CCS(=O)Cc1ccc(C(=O)NC2CCC(c3nc4cc(Cl)ccc4o3)CC2)o1. The highest BCUT2D eigenvalue weighted by Gasteiger charge is 2.27. The van der Waals surface area contributed by atoms with Gasteiger partial charge in [-0.2, -0.15) is 0 Å². The van der Waals surface area contributed by atoms with Gasteiger partial charge < -0.3 is 14.2 Å². The molecule has 1 aliphatic carbocycles. The summed E-state index contributed by atoms with van der Waals surface area (Å²) in [6, 6.07) is 8.91. The fraction of sp³-hybridized carbons (Fsp3) is 0.429. The number of aromatic nitrogens is 1. The molecule has 2 aromatic heterocycles. The second-order valence-electron chi connectivity index (χ2n) is 7.32. The van der Waals surface area contributed by atoms with Crippen LogP contribution in [-0.2, 0) is 16.6 Å². The highest BCUT2D eigenvalue weighted by molar-refractivity contribution is 7.84. The predicted molar refractivity (Wildman–Crippen MR) is 113 cm³/mol. The number of hydrogen-bond acceptors (Lipinski definition) is 5. The van der Waals surface area contributed by atoms with Crippen LogP contribution in [0, 0.1) is 0 Å². The summed E-state index contributed by atoms with van der Waals surface area (Å²) in [5.41, 5.74) is 1.53. The quantitative estimate of drug-likeness (QED) is 0.602. The monoisotopic (exact) mass is 434 g/mol. The molecule has 4 rings (SSSR count). The van der Waals surface area contributed by atoms with Crippen molar-refractivity contribution in [1.82, 2.24) is 10.3 Å². The molecule has 1 saturated carbocycles. The van der Waals surface area contributed by atoms with Gasteiger partial charge in [-0.15, -0.1) is 0 Å². The summed E-state index contributed by atoms with van der Waals surface area (Å²) in [7, 11) is -0.961. The Morgan fingerprint density at radius 1 is 1.21 bits per heavy atom. The number of hydrogen-bond donors (Lipinski definition) is 1. The van der Waals surface area contributed by atoms with Crippen molar-refractivity contribution in [3.05, 3.63) is 52.8 Å². The van der Waals surface area contributed by atoms with E-state index in [1.165, 1.54) is 0 Å². The summed E-state index contributed by atoms with van der Waals surface area (Å²) < 4.78 is 23.1. The van der Waals surface area contributed by atoms with Crippen molar-refractivity contribution in [2.24, 2.45) is 0 Å². The number of benzene rings is 1. The van der Waals surface area contributed by atoms with Crippen LogP contribution in [0.2, 0.25) is 5.02 Å². The van der Waals surface area contributed by atoms with Crippen LogP contribution in [0.4, 0.5) is 0 Å². The average molecular weight is 435 g/mol. The highest BCUT2D eigenvalue weighted by atomic mass is 35.5. The molecule has 1 unspecified atom stereocenters. The minimum absolute atomic E-state index is 0.0934. The zero-order chi connectivity index (χ0) is 20.4. The number of nitrogens with one attached hydrogen (secondary N) is 1. The number of carbonyl (C=O) groups excluding carboxylic acids is 1. The Morgan fingerprint density at radius 3 is 2.76 bits per heavy atom. The number of halogens is 1. The number of carbonyl (C=O) groups is 1. The summed E-state index contributed by atoms with van der Waals surface area (Å²) in [5.74, 6) is 2.52. The van der Waals surface area contributed by atoms with Gasteiger partial charge in [0.05, 0.1) is 5.75 Å². The smallest absolute Gasteiger partial charge is 0.287 e. The molecule has 154 valence electrons. The van der Waals surface area contributed by atoms with Gasteiger partial charge in [0, 0.05) is 33.5 Å². The van der Waals surface area contributed by atoms with E-state index in [0.29, 0.717) is 22.3 Å². The second kappa shape index (κ2) is 8.71. The van der Waals surface area contributed by atoms with Crippen molar-refractivity contribution in [3.8, 4) is 0 Å². The Hall–Kier alpha value is -2.12. The Labute approximate surface area is 176 Å². The van der Waals surface area contributed by atoms with Gasteiger partial charge in [-0.3, -0.25) is 9.00 Å². The Kier molecular flexibility index (Phi) is 6.06. The van der Waals surface area contributed by atoms with Crippen LogP contribution in [0.15, 0.2) is 39.2 Å². The molecule has 0 saturated heterocycles. The lowest BCUT2D eigenvalue weighted by Gasteiger charge is -2.27. The first kappa shape index (κ1) is 20.2. The van der Waals surface area contributed by atoms with Crippen molar-refractivity contribution in [2.45, 2.75) is 50.3 Å². The van der Waals surface area contributed by atoms with Crippen molar-refractivity contribution in [3.63, 3.8) is 0 Å². The van der Waals surface area contributed by atoms with Crippen LogP contribution in [0.3, 0.4) is 0 Å². The number of furan rings is 1. The van der Waals surface area contributed by atoms with Crippen LogP contribution >= 0.6 is 11.6 Å². The Morgan fingerprint density at radius 2 is 2.00 bits per heavy atom. The molecule has 1 aromatic carbocycles. The van der Waals surface area contributed by atoms with Crippen LogP contribution in [0.5, 0.6) is 0 Å². The maximum absolute atomic E-state index is 12.5. The maximum Gasteiger partial charge on any atom is 0.287 e. The Balaban J connectivity index is 1.32. The van der Waals surface area contributed by atoms with E-state index >= 15 is 0 Å². The third-order valence-corrected chi connectivity index (χ3v) is 6.77. The van der Waals surface area contributed by atoms with Crippen molar-refractivity contribution in [2.75, 3.05) is 5.75 Å². The maximum atomic E-state index is 12.5. The van der Waals surface area contributed by atoms with Gasteiger partial charge in [0.25, 0.3) is 5.91 Å². The van der Waals surface area contributed by atoms with Crippen molar-refractivity contribution >= 4 is 39.4 Å². The van der Waals surface area contributed by atoms with Gasteiger partial charge in [0.1, 0.15) is 11.3 Å². The average Bonchev–Trinajstić information content (AvgIpc) is 3.35.